The van der Waals surface area contributed by atoms with Gasteiger partial charge in [-0.2, -0.15) is 0 Å². The lowest BCUT2D eigenvalue weighted by Gasteiger charge is -2.29. The van der Waals surface area contributed by atoms with Gasteiger partial charge < -0.3 is 10.2 Å². The Morgan fingerprint density at radius 1 is 1.09 bits per heavy atom. The van der Waals surface area contributed by atoms with Gasteiger partial charge >= 0.3 is 0 Å². The average Bonchev–Trinajstić information content (AvgIpc) is 2.82. The molecule has 1 aliphatic rings. The van der Waals surface area contributed by atoms with Gasteiger partial charge in [0.05, 0.1) is 16.9 Å². The summed E-state index contributed by atoms with van der Waals surface area (Å²) in [6.45, 7) is 5.69. The Hall–Kier alpha value is -2.89. The fraction of sp³-hybridized carbons (Fsp3) is 0.240. The first-order valence-corrected chi connectivity index (χ1v) is 11.4. The molecule has 1 aromatic heterocycles. The molecule has 0 saturated carbocycles. The van der Waals surface area contributed by atoms with E-state index in [0.29, 0.717) is 27.3 Å². The highest BCUT2D eigenvalue weighted by atomic mass is 35.5. The summed E-state index contributed by atoms with van der Waals surface area (Å²) in [5.74, 6) is 0.340. The van der Waals surface area contributed by atoms with Gasteiger partial charge in [0.2, 0.25) is 5.95 Å². The normalized spacial score (nSPS) is 13.6. The number of halogens is 2. The molecule has 0 bridgehead atoms. The summed E-state index contributed by atoms with van der Waals surface area (Å²) in [4.78, 5) is 23.2. The SMILES string of the molecule is C=CC(=O)Cc1cc(-c2nc(Nc3cccc(N4CCCCC4)c3)ncc2Cl)ccc1Cl. The van der Waals surface area contributed by atoms with Crippen molar-refractivity contribution in [1.82, 2.24) is 9.97 Å². The summed E-state index contributed by atoms with van der Waals surface area (Å²) in [5, 5.41) is 4.22. The molecule has 5 nitrogen and oxygen atoms in total. The predicted molar refractivity (Wildman–Crippen MR) is 132 cm³/mol. The van der Waals surface area contributed by atoms with Crippen LogP contribution >= 0.6 is 23.2 Å². The van der Waals surface area contributed by atoms with E-state index < -0.39 is 0 Å². The molecule has 1 saturated heterocycles. The van der Waals surface area contributed by atoms with Crippen LogP contribution in [0.2, 0.25) is 10.0 Å². The number of ketones is 1. The molecule has 0 spiro atoms. The zero-order valence-corrected chi connectivity index (χ0v) is 19.2. The first-order valence-electron chi connectivity index (χ1n) is 10.6. The first-order chi connectivity index (χ1) is 15.5. The van der Waals surface area contributed by atoms with E-state index in [4.69, 9.17) is 23.2 Å². The number of hydrogen-bond donors (Lipinski definition) is 1. The highest BCUT2D eigenvalue weighted by Gasteiger charge is 2.14. The van der Waals surface area contributed by atoms with Crippen molar-refractivity contribution in [3.8, 4) is 11.3 Å². The lowest BCUT2D eigenvalue weighted by Crippen LogP contribution is -2.29. The van der Waals surface area contributed by atoms with E-state index in [9.17, 15) is 4.79 Å². The second kappa shape index (κ2) is 10.2. The number of carbonyl (C=O) groups excluding carboxylic acids is 1. The minimum Gasteiger partial charge on any atom is -0.371 e. The van der Waals surface area contributed by atoms with Gasteiger partial charge in [0.25, 0.3) is 0 Å². The van der Waals surface area contributed by atoms with E-state index in [2.05, 4.69) is 38.9 Å². The molecule has 0 atom stereocenters. The van der Waals surface area contributed by atoms with Crippen molar-refractivity contribution < 1.29 is 4.79 Å². The number of carbonyl (C=O) groups is 1. The molecule has 4 rings (SSSR count). The fourth-order valence-corrected chi connectivity index (χ4v) is 4.19. The van der Waals surface area contributed by atoms with Gasteiger partial charge in [-0.3, -0.25) is 4.79 Å². The van der Waals surface area contributed by atoms with Crippen molar-refractivity contribution in [2.75, 3.05) is 23.3 Å². The Morgan fingerprint density at radius 2 is 1.91 bits per heavy atom. The first kappa shape index (κ1) is 22.3. The molecule has 3 aromatic rings. The van der Waals surface area contributed by atoms with Crippen molar-refractivity contribution in [3.05, 3.63) is 76.9 Å². The number of aromatic nitrogens is 2. The smallest absolute Gasteiger partial charge is 0.227 e. The van der Waals surface area contributed by atoms with Crippen molar-refractivity contribution in [3.63, 3.8) is 0 Å². The molecule has 1 N–H and O–H groups in total. The van der Waals surface area contributed by atoms with Crippen LogP contribution < -0.4 is 10.2 Å². The van der Waals surface area contributed by atoms with Gasteiger partial charge in [-0.25, -0.2) is 9.97 Å². The maximum absolute atomic E-state index is 11.8. The largest absolute Gasteiger partial charge is 0.371 e. The highest BCUT2D eigenvalue weighted by molar-refractivity contribution is 6.33. The zero-order valence-electron chi connectivity index (χ0n) is 17.7. The van der Waals surface area contributed by atoms with E-state index in [1.54, 1.807) is 12.3 Å². The van der Waals surface area contributed by atoms with E-state index in [1.807, 2.05) is 24.3 Å². The van der Waals surface area contributed by atoms with Crippen LogP contribution in [-0.2, 0) is 11.2 Å². The Morgan fingerprint density at radius 3 is 2.69 bits per heavy atom. The van der Waals surface area contributed by atoms with Crippen LogP contribution in [-0.4, -0.2) is 28.8 Å². The fourth-order valence-electron chi connectivity index (χ4n) is 3.81. The summed E-state index contributed by atoms with van der Waals surface area (Å²) in [6.07, 6.45) is 6.79. The summed E-state index contributed by atoms with van der Waals surface area (Å²) >= 11 is 12.7. The summed E-state index contributed by atoms with van der Waals surface area (Å²) in [6, 6.07) is 13.7. The Labute approximate surface area is 198 Å². The maximum Gasteiger partial charge on any atom is 0.227 e. The van der Waals surface area contributed by atoms with Crippen LogP contribution in [0.1, 0.15) is 24.8 Å². The Bertz CT molecular complexity index is 1140. The van der Waals surface area contributed by atoms with Crippen LogP contribution in [0.15, 0.2) is 61.3 Å². The van der Waals surface area contributed by atoms with Crippen LogP contribution in [0.3, 0.4) is 0 Å². The van der Waals surface area contributed by atoms with E-state index in [-0.39, 0.29) is 12.2 Å². The number of hydrogen-bond acceptors (Lipinski definition) is 5. The molecule has 7 heteroatoms. The minimum absolute atomic E-state index is 0.103. The summed E-state index contributed by atoms with van der Waals surface area (Å²) in [5.41, 5.74) is 4.14. The van der Waals surface area contributed by atoms with Crippen LogP contribution in [0.5, 0.6) is 0 Å². The molecule has 0 unspecified atom stereocenters. The molecule has 0 radical (unpaired) electrons. The zero-order chi connectivity index (χ0) is 22.5. The highest BCUT2D eigenvalue weighted by Crippen LogP contribution is 2.31. The third-order valence-electron chi connectivity index (χ3n) is 5.48. The number of nitrogens with one attached hydrogen (secondary N) is 1. The molecule has 164 valence electrons. The quantitative estimate of drug-likeness (QED) is 0.403. The van der Waals surface area contributed by atoms with Crippen LogP contribution in [0.4, 0.5) is 17.3 Å². The second-order valence-corrected chi connectivity index (χ2v) is 8.58. The molecule has 2 aromatic carbocycles. The standard InChI is InChI=1S/C25H24Cl2N4O/c1-2-21(32)14-18-13-17(9-10-22(18)26)24-23(27)16-28-25(30-24)29-19-7-6-8-20(15-19)31-11-4-3-5-12-31/h2,6-10,13,15-16H,1,3-5,11-12,14H2,(H,28,29,30). The van der Waals surface area contributed by atoms with Gasteiger partial charge in [0.15, 0.2) is 5.78 Å². The van der Waals surface area contributed by atoms with E-state index in [1.165, 1.54) is 31.0 Å². The average molecular weight is 467 g/mol. The molecular formula is C25H24Cl2N4O. The third-order valence-corrected chi connectivity index (χ3v) is 6.12. The van der Waals surface area contributed by atoms with Crippen molar-refractivity contribution in [2.45, 2.75) is 25.7 Å². The van der Waals surface area contributed by atoms with E-state index >= 15 is 0 Å². The van der Waals surface area contributed by atoms with Crippen molar-refractivity contribution >= 4 is 46.3 Å². The molecule has 0 aliphatic carbocycles. The second-order valence-electron chi connectivity index (χ2n) is 7.77. The van der Waals surface area contributed by atoms with Gasteiger partial charge in [0, 0.05) is 41.5 Å². The number of anilines is 3. The molecule has 32 heavy (non-hydrogen) atoms. The lowest BCUT2D eigenvalue weighted by atomic mass is 10.0. The third kappa shape index (κ3) is 5.29. The molecule has 2 heterocycles. The molecular weight excluding hydrogens is 443 g/mol. The maximum atomic E-state index is 11.8. The summed E-state index contributed by atoms with van der Waals surface area (Å²) < 4.78 is 0. The number of rotatable bonds is 7. The van der Waals surface area contributed by atoms with Gasteiger partial charge in [-0.05, 0) is 61.2 Å². The molecule has 0 amide bonds. The summed E-state index contributed by atoms with van der Waals surface area (Å²) in [7, 11) is 0. The van der Waals surface area contributed by atoms with E-state index in [0.717, 1.165) is 24.3 Å². The minimum atomic E-state index is -0.103. The molecule has 1 aliphatic heterocycles. The number of benzene rings is 2. The molecule has 1 fully saturated rings. The lowest BCUT2D eigenvalue weighted by molar-refractivity contribution is -0.114. The Kier molecular flexibility index (Phi) is 7.08. The van der Waals surface area contributed by atoms with Crippen LogP contribution in [0.25, 0.3) is 11.3 Å². The number of allylic oxidation sites excluding steroid dienone is 1. The van der Waals surface area contributed by atoms with Crippen molar-refractivity contribution in [2.24, 2.45) is 0 Å². The van der Waals surface area contributed by atoms with Gasteiger partial charge in [0.1, 0.15) is 0 Å². The Balaban J connectivity index is 1.59. The van der Waals surface area contributed by atoms with Crippen molar-refractivity contribution in [1.29, 1.82) is 0 Å². The number of nitrogens with zero attached hydrogens (tertiary/aromatic N) is 3. The van der Waals surface area contributed by atoms with Gasteiger partial charge in [-0.1, -0.05) is 41.9 Å². The van der Waals surface area contributed by atoms with Gasteiger partial charge in [-0.15, -0.1) is 0 Å². The predicted octanol–water partition coefficient (Wildman–Crippen LogP) is 6.48. The monoisotopic (exact) mass is 466 g/mol. The number of piperidine rings is 1. The topological polar surface area (TPSA) is 58.1 Å². The van der Waals surface area contributed by atoms with Crippen LogP contribution in [0, 0.1) is 0 Å².